The lowest BCUT2D eigenvalue weighted by Crippen LogP contribution is -2.29. The number of amides is 1. The monoisotopic (exact) mass is 313 g/mol. The molecule has 0 radical (unpaired) electrons. The van der Waals surface area contributed by atoms with E-state index in [0.29, 0.717) is 6.61 Å². The van der Waals surface area contributed by atoms with Gasteiger partial charge in [0.2, 0.25) is 0 Å². The molecular weight excluding hydrogens is 294 g/mol. The van der Waals surface area contributed by atoms with E-state index >= 15 is 0 Å². The van der Waals surface area contributed by atoms with Crippen molar-refractivity contribution in [2.24, 2.45) is 0 Å². The molecule has 0 atom stereocenters. The summed E-state index contributed by atoms with van der Waals surface area (Å²) in [5.41, 5.74) is 3.92. The zero-order valence-corrected chi connectivity index (χ0v) is 13.2. The molecule has 120 valence electrons. The number of carbonyl (C=O) groups excluding carboxylic acids is 1. The number of nitrogens with one attached hydrogen (secondary N) is 1. The van der Waals surface area contributed by atoms with Crippen LogP contribution < -0.4 is 9.64 Å². The van der Waals surface area contributed by atoms with Crippen molar-refractivity contribution in [3.8, 4) is 5.75 Å². The second kappa shape index (κ2) is 6.66. The maximum Gasteiger partial charge on any atom is 0.252 e. The van der Waals surface area contributed by atoms with E-state index in [4.69, 9.17) is 9.47 Å². The number of rotatable bonds is 4. The van der Waals surface area contributed by atoms with Crippen LogP contribution >= 0.6 is 0 Å². The van der Waals surface area contributed by atoms with E-state index in [0.717, 1.165) is 34.7 Å². The molecule has 3 rings (SSSR count). The van der Waals surface area contributed by atoms with Crippen LogP contribution in [-0.2, 0) is 9.53 Å². The summed E-state index contributed by atoms with van der Waals surface area (Å²) in [4.78, 5) is 20.7. The number of aromatic amines is 1. The van der Waals surface area contributed by atoms with Crippen LogP contribution in [0.5, 0.6) is 5.75 Å². The number of imidazole rings is 1. The van der Waals surface area contributed by atoms with Gasteiger partial charge in [0.15, 0.2) is 0 Å². The molecule has 1 aromatic heterocycles. The SMILES string of the molecule is COCC(=O)N(C)c1ccc2c(c1)C(=Cc1cnc[nH]1)CCO2. The fraction of sp³-hybridized carbons (Fsp3) is 0.294. The first kappa shape index (κ1) is 15.3. The summed E-state index contributed by atoms with van der Waals surface area (Å²) in [5.74, 6) is 0.738. The number of nitrogens with zero attached hydrogens (tertiary/aromatic N) is 2. The van der Waals surface area contributed by atoms with Gasteiger partial charge >= 0.3 is 0 Å². The maximum absolute atomic E-state index is 12.0. The van der Waals surface area contributed by atoms with Gasteiger partial charge < -0.3 is 19.4 Å². The molecule has 0 aliphatic carbocycles. The standard InChI is InChI=1S/C17H19N3O3/c1-20(17(21)10-22-2)14-3-4-16-15(8-14)12(5-6-23-16)7-13-9-18-11-19-13/h3-4,7-9,11H,5-6,10H2,1-2H3,(H,18,19). The highest BCUT2D eigenvalue weighted by molar-refractivity contribution is 5.95. The Kier molecular flexibility index (Phi) is 4.43. The molecule has 6 heteroatoms. The molecule has 0 fully saturated rings. The Balaban J connectivity index is 1.95. The molecule has 1 amide bonds. The first-order valence-corrected chi connectivity index (χ1v) is 7.40. The third kappa shape index (κ3) is 3.27. The normalized spacial score (nSPS) is 15.1. The van der Waals surface area contributed by atoms with Gasteiger partial charge in [0.25, 0.3) is 5.91 Å². The van der Waals surface area contributed by atoms with Crippen molar-refractivity contribution < 1.29 is 14.3 Å². The van der Waals surface area contributed by atoms with Crippen molar-refractivity contribution in [3.63, 3.8) is 0 Å². The van der Waals surface area contributed by atoms with Crippen molar-refractivity contribution in [1.82, 2.24) is 9.97 Å². The van der Waals surface area contributed by atoms with Crippen molar-refractivity contribution in [3.05, 3.63) is 42.0 Å². The minimum atomic E-state index is -0.0942. The van der Waals surface area contributed by atoms with E-state index in [1.165, 1.54) is 7.11 Å². The summed E-state index contributed by atoms with van der Waals surface area (Å²) >= 11 is 0. The molecular formula is C17H19N3O3. The molecule has 2 heterocycles. The van der Waals surface area contributed by atoms with Crippen molar-refractivity contribution in [1.29, 1.82) is 0 Å². The number of anilines is 1. The van der Waals surface area contributed by atoms with Crippen LogP contribution in [0.2, 0.25) is 0 Å². The molecule has 0 spiro atoms. The predicted octanol–water partition coefficient (Wildman–Crippen LogP) is 2.34. The summed E-state index contributed by atoms with van der Waals surface area (Å²) in [6, 6.07) is 5.76. The second-order valence-electron chi connectivity index (χ2n) is 5.34. The summed E-state index contributed by atoms with van der Waals surface area (Å²) in [6.45, 7) is 0.700. The Morgan fingerprint density at radius 3 is 3.13 bits per heavy atom. The molecule has 2 aromatic rings. The maximum atomic E-state index is 12.0. The van der Waals surface area contributed by atoms with E-state index in [9.17, 15) is 4.79 Å². The first-order valence-electron chi connectivity index (χ1n) is 7.40. The van der Waals surface area contributed by atoms with Gasteiger partial charge in [-0.3, -0.25) is 4.79 Å². The molecule has 0 bridgehead atoms. The summed E-state index contributed by atoms with van der Waals surface area (Å²) in [5, 5.41) is 0. The highest BCUT2D eigenvalue weighted by Crippen LogP contribution is 2.36. The first-order chi connectivity index (χ1) is 11.2. The minimum Gasteiger partial charge on any atom is -0.493 e. The number of fused-ring (bicyclic) bond motifs is 1. The highest BCUT2D eigenvalue weighted by atomic mass is 16.5. The van der Waals surface area contributed by atoms with Crippen LogP contribution in [0, 0.1) is 0 Å². The lowest BCUT2D eigenvalue weighted by Gasteiger charge is -2.23. The van der Waals surface area contributed by atoms with Gasteiger partial charge in [0, 0.05) is 31.8 Å². The van der Waals surface area contributed by atoms with Crippen LogP contribution in [0.15, 0.2) is 30.7 Å². The Morgan fingerprint density at radius 1 is 1.52 bits per heavy atom. The van der Waals surface area contributed by atoms with E-state index in [1.807, 2.05) is 18.2 Å². The van der Waals surface area contributed by atoms with E-state index in [-0.39, 0.29) is 12.5 Å². The van der Waals surface area contributed by atoms with Gasteiger partial charge in [-0.2, -0.15) is 0 Å². The smallest absolute Gasteiger partial charge is 0.252 e. The average Bonchev–Trinajstić information content (AvgIpc) is 3.07. The predicted molar refractivity (Wildman–Crippen MR) is 88.3 cm³/mol. The van der Waals surface area contributed by atoms with Gasteiger partial charge in [0.1, 0.15) is 12.4 Å². The fourth-order valence-corrected chi connectivity index (χ4v) is 2.56. The molecule has 0 saturated carbocycles. The number of hydrogen-bond donors (Lipinski definition) is 1. The van der Waals surface area contributed by atoms with Crippen LogP contribution in [0.4, 0.5) is 5.69 Å². The van der Waals surface area contributed by atoms with E-state index in [2.05, 4.69) is 16.0 Å². The van der Waals surface area contributed by atoms with E-state index < -0.39 is 0 Å². The Labute approximate surface area is 134 Å². The number of aromatic nitrogens is 2. The molecule has 1 aliphatic rings. The number of ether oxygens (including phenoxy) is 2. The lowest BCUT2D eigenvalue weighted by molar-refractivity contribution is -0.121. The number of benzene rings is 1. The molecule has 0 unspecified atom stereocenters. The van der Waals surface area contributed by atoms with Crippen molar-refractivity contribution in [2.75, 3.05) is 32.3 Å². The van der Waals surface area contributed by atoms with Crippen molar-refractivity contribution in [2.45, 2.75) is 6.42 Å². The van der Waals surface area contributed by atoms with Gasteiger partial charge in [-0.15, -0.1) is 0 Å². The largest absolute Gasteiger partial charge is 0.493 e. The summed E-state index contributed by atoms with van der Waals surface area (Å²) in [7, 11) is 3.25. The zero-order valence-electron chi connectivity index (χ0n) is 13.2. The number of hydrogen-bond acceptors (Lipinski definition) is 4. The summed E-state index contributed by atoms with van der Waals surface area (Å²) in [6.07, 6.45) is 6.31. The number of carbonyl (C=O) groups is 1. The number of methoxy groups -OCH3 is 1. The average molecular weight is 313 g/mol. The number of H-pyrrole nitrogens is 1. The summed E-state index contributed by atoms with van der Waals surface area (Å²) < 4.78 is 10.6. The molecule has 23 heavy (non-hydrogen) atoms. The topological polar surface area (TPSA) is 67.5 Å². The van der Waals surface area contributed by atoms with Crippen molar-refractivity contribution >= 4 is 23.2 Å². The van der Waals surface area contributed by atoms with Gasteiger partial charge in [-0.25, -0.2) is 4.98 Å². The lowest BCUT2D eigenvalue weighted by atomic mass is 9.98. The minimum absolute atomic E-state index is 0.0565. The van der Waals surface area contributed by atoms with Crippen LogP contribution in [0.25, 0.3) is 11.6 Å². The molecule has 1 aliphatic heterocycles. The third-order valence-electron chi connectivity index (χ3n) is 3.82. The quantitative estimate of drug-likeness (QED) is 0.941. The Bertz CT molecular complexity index is 723. The Morgan fingerprint density at radius 2 is 2.39 bits per heavy atom. The van der Waals surface area contributed by atoms with E-state index in [1.54, 1.807) is 24.5 Å². The van der Waals surface area contributed by atoms with Gasteiger partial charge in [-0.1, -0.05) is 0 Å². The molecule has 1 N–H and O–H groups in total. The molecule has 1 aromatic carbocycles. The van der Waals surface area contributed by atoms with Gasteiger partial charge in [-0.05, 0) is 29.8 Å². The number of likely N-dealkylation sites (N-methyl/N-ethyl adjacent to an activating group) is 1. The zero-order chi connectivity index (χ0) is 16.2. The van der Waals surface area contributed by atoms with Crippen LogP contribution in [0.1, 0.15) is 17.7 Å². The fourth-order valence-electron chi connectivity index (χ4n) is 2.56. The van der Waals surface area contributed by atoms with Crippen LogP contribution in [0.3, 0.4) is 0 Å². The second-order valence-corrected chi connectivity index (χ2v) is 5.34. The third-order valence-corrected chi connectivity index (χ3v) is 3.82. The Hall–Kier alpha value is -2.60. The molecule has 0 saturated heterocycles. The van der Waals surface area contributed by atoms with Gasteiger partial charge in [0.05, 0.1) is 24.8 Å². The van der Waals surface area contributed by atoms with Crippen LogP contribution in [-0.4, -0.2) is 43.2 Å². The molecule has 6 nitrogen and oxygen atoms in total. The highest BCUT2D eigenvalue weighted by Gasteiger charge is 2.18.